The summed E-state index contributed by atoms with van der Waals surface area (Å²) in [6.07, 6.45) is 2.23. The monoisotopic (exact) mass is 298 g/mol. The van der Waals surface area contributed by atoms with Crippen molar-refractivity contribution in [3.63, 3.8) is 0 Å². The van der Waals surface area contributed by atoms with Crippen LogP contribution >= 0.6 is 0 Å². The number of amides is 2. The Kier molecular flexibility index (Phi) is 6.65. The van der Waals surface area contributed by atoms with Crippen molar-refractivity contribution in [2.45, 2.75) is 52.5 Å². The summed E-state index contributed by atoms with van der Waals surface area (Å²) in [6, 6.07) is -0.855. The maximum absolute atomic E-state index is 12.1. The van der Waals surface area contributed by atoms with E-state index in [0.717, 1.165) is 12.8 Å². The zero-order chi connectivity index (χ0) is 16.0. The molecule has 0 saturated carbocycles. The highest BCUT2D eigenvalue weighted by Crippen LogP contribution is 2.19. The topological polar surface area (TPSA) is 86.7 Å². The molecule has 1 rings (SSSR count). The van der Waals surface area contributed by atoms with E-state index in [0.29, 0.717) is 25.4 Å². The maximum atomic E-state index is 12.1. The number of hydrogen-bond donors (Lipinski definition) is 2. The summed E-state index contributed by atoms with van der Waals surface area (Å²) in [5.41, 5.74) is 0. The molecule has 1 fully saturated rings. The lowest BCUT2D eigenvalue weighted by Gasteiger charge is -2.19. The second kappa shape index (κ2) is 8.00. The summed E-state index contributed by atoms with van der Waals surface area (Å²) in [4.78, 5) is 36.8. The van der Waals surface area contributed by atoms with Gasteiger partial charge < -0.3 is 15.3 Å². The largest absolute Gasteiger partial charge is 0.480 e. The molecule has 6 nitrogen and oxygen atoms in total. The Morgan fingerprint density at radius 1 is 1.43 bits per heavy atom. The molecule has 2 amide bonds. The van der Waals surface area contributed by atoms with E-state index in [9.17, 15) is 14.4 Å². The standard InChI is InChI=1S/C15H26N2O4/c1-4-5-6-12(15(20)21)16-14(19)11-7-13(18)17(9-11)8-10(2)3/h10-12H,4-9H2,1-3H3,(H,16,19)(H,20,21). The minimum atomic E-state index is -1.01. The van der Waals surface area contributed by atoms with Gasteiger partial charge in [0.2, 0.25) is 11.8 Å². The minimum absolute atomic E-state index is 0.0238. The lowest BCUT2D eigenvalue weighted by atomic mass is 10.1. The van der Waals surface area contributed by atoms with Gasteiger partial charge in [-0.2, -0.15) is 0 Å². The van der Waals surface area contributed by atoms with E-state index >= 15 is 0 Å². The van der Waals surface area contributed by atoms with E-state index in [2.05, 4.69) is 5.32 Å². The molecule has 1 saturated heterocycles. The summed E-state index contributed by atoms with van der Waals surface area (Å²) in [7, 11) is 0. The predicted molar refractivity (Wildman–Crippen MR) is 78.6 cm³/mol. The minimum Gasteiger partial charge on any atom is -0.480 e. The van der Waals surface area contributed by atoms with Gasteiger partial charge >= 0.3 is 5.97 Å². The van der Waals surface area contributed by atoms with Crippen LogP contribution in [0.25, 0.3) is 0 Å². The van der Waals surface area contributed by atoms with Gasteiger partial charge in [-0.05, 0) is 12.3 Å². The van der Waals surface area contributed by atoms with Crippen LogP contribution in [0.2, 0.25) is 0 Å². The van der Waals surface area contributed by atoms with Crippen LogP contribution < -0.4 is 5.32 Å². The third kappa shape index (κ3) is 5.36. The molecule has 1 aliphatic rings. The molecule has 0 aromatic carbocycles. The summed E-state index contributed by atoms with van der Waals surface area (Å²) in [6.45, 7) is 7.04. The second-order valence-corrected chi connectivity index (χ2v) is 6.14. The Hall–Kier alpha value is -1.59. The molecule has 120 valence electrons. The lowest BCUT2D eigenvalue weighted by molar-refractivity contribution is -0.142. The van der Waals surface area contributed by atoms with Crippen molar-refractivity contribution in [2.24, 2.45) is 11.8 Å². The fourth-order valence-electron chi connectivity index (χ4n) is 2.52. The third-order valence-electron chi connectivity index (χ3n) is 3.63. The van der Waals surface area contributed by atoms with Crippen molar-refractivity contribution in [1.29, 1.82) is 0 Å². The van der Waals surface area contributed by atoms with Gasteiger partial charge in [-0.15, -0.1) is 0 Å². The number of nitrogens with zero attached hydrogens (tertiary/aromatic N) is 1. The zero-order valence-electron chi connectivity index (χ0n) is 13.1. The van der Waals surface area contributed by atoms with Gasteiger partial charge in [-0.3, -0.25) is 9.59 Å². The van der Waals surface area contributed by atoms with E-state index in [1.165, 1.54) is 0 Å². The number of aliphatic carboxylic acids is 1. The molecule has 1 heterocycles. The van der Waals surface area contributed by atoms with Gasteiger partial charge in [0.05, 0.1) is 5.92 Å². The third-order valence-corrected chi connectivity index (χ3v) is 3.63. The number of carboxylic acid groups (broad SMARTS) is 1. The summed E-state index contributed by atoms with van der Waals surface area (Å²) in [5, 5.41) is 11.7. The van der Waals surface area contributed by atoms with Crippen LogP contribution in [-0.2, 0) is 14.4 Å². The predicted octanol–water partition coefficient (Wildman–Crippen LogP) is 1.25. The van der Waals surface area contributed by atoms with Crippen LogP contribution in [0.1, 0.15) is 46.5 Å². The van der Waals surface area contributed by atoms with Crippen molar-refractivity contribution < 1.29 is 19.5 Å². The lowest BCUT2D eigenvalue weighted by Crippen LogP contribution is -2.44. The molecule has 0 bridgehead atoms. The molecule has 0 radical (unpaired) electrons. The second-order valence-electron chi connectivity index (χ2n) is 6.14. The highest BCUT2D eigenvalue weighted by atomic mass is 16.4. The van der Waals surface area contributed by atoms with Crippen LogP contribution in [0.15, 0.2) is 0 Å². The molecule has 21 heavy (non-hydrogen) atoms. The SMILES string of the molecule is CCCCC(NC(=O)C1CC(=O)N(CC(C)C)C1)C(=O)O. The van der Waals surface area contributed by atoms with Crippen LogP contribution in [0.5, 0.6) is 0 Å². The fraction of sp³-hybridized carbons (Fsp3) is 0.800. The summed E-state index contributed by atoms with van der Waals surface area (Å²) >= 11 is 0. The van der Waals surface area contributed by atoms with Gasteiger partial charge in [-0.1, -0.05) is 33.6 Å². The average molecular weight is 298 g/mol. The normalized spacial score (nSPS) is 19.9. The quantitative estimate of drug-likeness (QED) is 0.706. The number of unbranched alkanes of at least 4 members (excludes halogenated alkanes) is 1. The number of carbonyl (C=O) groups is 3. The van der Waals surface area contributed by atoms with Crippen molar-refractivity contribution in [3.8, 4) is 0 Å². The number of carboxylic acids is 1. The van der Waals surface area contributed by atoms with Crippen LogP contribution in [0, 0.1) is 11.8 Å². The molecule has 0 aromatic heterocycles. The molecule has 1 aliphatic heterocycles. The number of likely N-dealkylation sites (tertiary alicyclic amines) is 1. The van der Waals surface area contributed by atoms with Gasteiger partial charge in [0, 0.05) is 19.5 Å². The highest BCUT2D eigenvalue weighted by molar-refractivity contribution is 5.91. The van der Waals surface area contributed by atoms with Crippen molar-refractivity contribution in [3.05, 3.63) is 0 Å². The first-order chi connectivity index (χ1) is 9.85. The van der Waals surface area contributed by atoms with Gasteiger partial charge in [0.1, 0.15) is 6.04 Å². The Morgan fingerprint density at radius 3 is 2.62 bits per heavy atom. The van der Waals surface area contributed by atoms with Crippen LogP contribution in [0.3, 0.4) is 0 Å². The molecule has 2 N–H and O–H groups in total. The molecule has 0 aromatic rings. The molecule has 2 unspecified atom stereocenters. The first-order valence-electron chi connectivity index (χ1n) is 7.66. The fourth-order valence-corrected chi connectivity index (χ4v) is 2.52. The number of rotatable bonds is 8. The smallest absolute Gasteiger partial charge is 0.326 e. The van der Waals surface area contributed by atoms with E-state index < -0.39 is 17.9 Å². The molecule has 6 heteroatoms. The number of hydrogen-bond acceptors (Lipinski definition) is 3. The molecule has 0 spiro atoms. The number of carbonyl (C=O) groups excluding carboxylic acids is 2. The van der Waals surface area contributed by atoms with Gasteiger partial charge in [-0.25, -0.2) is 4.79 Å². The average Bonchev–Trinajstić information content (AvgIpc) is 2.74. The Bertz CT molecular complexity index is 395. The Labute approximate surface area is 125 Å². The van der Waals surface area contributed by atoms with Gasteiger partial charge in [0.25, 0.3) is 0 Å². The Balaban J connectivity index is 2.55. The zero-order valence-corrected chi connectivity index (χ0v) is 13.1. The highest BCUT2D eigenvalue weighted by Gasteiger charge is 2.35. The van der Waals surface area contributed by atoms with Crippen molar-refractivity contribution in [2.75, 3.05) is 13.1 Å². The van der Waals surface area contributed by atoms with Gasteiger partial charge in [0.15, 0.2) is 0 Å². The molecular formula is C15H26N2O4. The van der Waals surface area contributed by atoms with Crippen molar-refractivity contribution in [1.82, 2.24) is 10.2 Å². The maximum Gasteiger partial charge on any atom is 0.326 e. The Morgan fingerprint density at radius 2 is 2.10 bits per heavy atom. The molecule has 2 atom stereocenters. The summed E-state index contributed by atoms with van der Waals surface area (Å²) in [5.74, 6) is -1.44. The summed E-state index contributed by atoms with van der Waals surface area (Å²) < 4.78 is 0. The first-order valence-corrected chi connectivity index (χ1v) is 7.66. The van der Waals surface area contributed by atoms with E-state index in [-0.39, 0.29) is 18.2 Å². The van der Waals surface area contributed by atoms with Crippen LogP contribution in [0.4, 0.5) is 0 Å². The van der Waals surface area contributed by atoms with Crippen LogP contribution in [-0.4, -0.2) is 46.9 Å². The van der Waals surface area contributed by atoms with E-state index in [4.69, 9.17) is 5.11 Å². The molecular weight excluding hydrogens is 272 g/mol. The first kappa shape index (κ1) is 17.5. The molecule has 0 aliphatic carbocycles. The van der Waals surface area contributed by atoms with Crippen molar-refractivity contribution >= 4 is 17.8 Å². The van der Waals surface area contributed by atoms with E-state index in [1.54, 1.807) is 4.90 Å². The number of nitrogens with one attached hydrogen (secondary N) is 1. The van der Waals surface area contributed by atoms with E-state index in [1.807, 2.05) is 20.8 Å².